The van der Waals surface area contributed by atoms with Crippen LogP contribution in [0.15, 0.2) is 30.3 Å². The number of carbonyl (C=O) groups excluding carboxylic acids is 2. The highest BCUT2D eigenvalue weighted by atomic mass is 16.6. The number of ether oxygens (including phenoxy) is 2. The van der Waals surface area contributed by atoms with E-state index in [2.05, 4.69) is 5.32 Å². The summed E-state index contributed by atoms with van der Waals surface area (Å²) in [5.74, 6) is -1.70. The molecule has 1 aromatic rings. The number of hydrogen-bond acceptors (Lipinski definition) is 5. The van der Waals surface area contributed by atoms with Gasteiger partial charge in [0, 0.05) is 0 Å². The first-order valence-electron chi connectivity index (χ1n) is 6.83. The van der Waals surface area contributed by atoms with E-state index in [1.807, 2.05) is 30.3 Å². The first-order valence-corrected chi connectivity index (χ1v) is 6.83. The Hall–Kier alpha value is -1.92. The van der Waals surface area contributed by atoms with Crippen molar-refractivity contribution in [3.05, 3.63) is 35.9 Å². The molecule has 0 bridgehead atoms. The molecule has 2 saturated heterocycles. The molecule has 0 radical (unpaired) electrons. The first kappa shape index (κ1) is 14.0. The van der Waals surface area contributed by atoms with Gasteiger partial charge in [-0.25, -0.2) is 4.79 Å². The molecule has 21 heavy (non-hydrogen) atoms. The normalized spacial score (nSPS) is 34.5. The summed E-state index contributed by atoms with van der Waals surface area (Å²) in [7, 11) is 0. The minimum atomic E-state index is -1.59. The topological polar surface area (TPSA) is 84.9 Å². The third-order valence-electron chi connectivity index (χ3n) is 4.39. The summed E-state index contributed by atoms with van der Waals surface area (Å²) >= 11 is 0. The standard InChI is InChI=1S/C15H17NO5/c1-10-12(17)16-14(8-21-13(14)18)15(10,19)9-20-7-11-5-3-2-4-6-11/h2-6,10,19H,7-9H2,1H3,(H,16,17)/t10-,14+,15-/m1/s1. The number of carbonyl (C=O) groups is 2. The minimum Gasteiger partial charge on any atom is -0.460 e. The van der Waals surface area contributed by atoms with Gasteiger partial charge >= 0.3 is 5.97 Å². The maximum atomic E-state index is 11.8. The van der Waals surface area contributed by atoms with E-state index in [1.54, 1.807) is 6.92 Å². The molecule has 6 nitrogen and oxygen atoms in total. The van der Waals surface area contributed by atoms with Crippen LogP contribution in [0.1, 0.15) is 12.5 Å². The molecule has 3 atom stereocenters. The van der Waals surface area contributed by atoms with Crippen LogP contribution in [0.25, 0.3) is 0 Å². The van der Waals surface area contributed by atoms with Gasteiger partial charge in [0.15, 0.2) is 0 Å². The molecule has 112 valence electrons. The van der Waals surface area contributed by atoms with E-state index < -0.39 is 23.0 Å². The van der Waals surface area contributed by atoms with Crippen LogP contribution in [0.4, 0.5) is 0 Å². The highest BCUT2D eigenvalue weighted by Crippen LogP contribution is 2.42. The van der Waals surface area contributed by atoms with Gasteiger partial charge in [-0.15, -0.1) is 0 Å². The van der Waals surface area contributed by atoms with Crippen molar-refractivity contribution in [3.8, 4) is 0 Å². The van der Waals surface area contributed by atoms with Gasteiger partial charge in [0.25, 0.3) is 0 Å². The Balaban J connectivity index is 1.72. The molecule has 0 saturated carbocycles. The molecule has 3 rings (SSSR count). The van der Waals surface area contributed by atoms with E-state index in [0.717, 1.165) is 5.56 Å². The van der Waals surface area contributed by atoms with Crippen LogP contribution in [0, 0.1) is 5.92 Å². The second kappa shape index (κ2) is 4.82. The zero-order valence-electron chi connectivity index (χ0n) is 11.7. The monoisotopic (exact) mass is 291 g/mol. The van der Waals surface area contributed by atoms with Crippen LogP contribution in [0.2, 0.25) is 0 Å². The molecular formula is C15H17NO5. The maximum absolute atomic E-state index is 11.8. The van der Waals surface area contributed by atoms with Crippen LogP contribution < -0.4 is 5.32 Å². The van der Waals surface area contributed by atoms with E-state index in [-0.39, 0.29) is 19.1 Å². The predicted molar refractivity (Wildman–Crippen MR) is 72.0 cm³/mol. The third kappa shape index (κ3) is 1.94. The Kier molecular flexibility index (Phi) is 3.22. The zero-order chi connectivity index (χ0) is 15.1. The minimum absolute atomic E-state index is 0.0207. The van der Waals surface area contributed by atoms with E-state index in [0.29, 0.717) is 6.61 Å². The largest absolute Gasteiger partial charge is 0.460 e. The summed E-state index contributed by atoms with van der Waals surface area (Å²) < 4.78 is 10.3. The fourth-order valence-corrected chi connectivity index (χ4v) is 2.82. The van der Waals surface area contributed by atoms with Gasteiger partial charge in [-0.1, -0.05) is 37.3 Å². The number of nitrogens with one attached hydrogen (secondary N) is 1. The van der Waals surface area contributed by atoms with Gasteiger partial charge in [-0.2, -0.15) is 0 Å². The second-order valence-corrected chi connectivity index (χ2v) is 5.60. The van der Waals surface area contributed by atoms with Crippen LogP contribution in [-0.4, -0.2) is 41.3 Å². The van der Waals surface area contributed by atoms with Gasteiger partial charge in [-0.05, 0) is 5.56 Å². The van der Waals surface area contributed by atoms with Gasteiger partial charge < -0.3 is 19.9 Å². The summed E-state index contributed by atoms with van der Waals surface area (Å²) in [6, 6.07) is 9.48. The summed E-state index contributed by atoms with van der Waals surface area (Å²) in [6.45, 7) is 1.75. The number of esters is 1. The molecular weight excluding hydrogens is 274 g/mol. The maximum Gasteiger partial charge on any atom is 0.338 e. The molecule has 2 fully saturated rings. The molecule has 0 unspecified atom stereocenters. The van der Waals surface area contributed by atoms with Crippen LogP contribution in [-0.2, 0) is 25.7 Å². The van der Waals surface area contributed by atoms with Crippen LogP contribution in [0.3, 0.4) is 0 Å². The summed E-state index contributed by atoms with van der Waals surface area (Å²) in [5.41, 5.74) is -2.00. The molecule has 0 aromatic heterocycles. The zero-order valence-corrected chi connectivity index (χ0v) is 11.7. The fourth-order valence-electron chi connectivity index (χ4n) is 2.82. The number of benzene rings is 1. The van der Waals surface area contributed by atoms with Crippen molar-refractivity contribution in [2.45, 2.75) is 24.7 Å². The van der Waals surface area contributed by atoms with Crippen molar-refractivity contribution >= 4 is 11.9 Å². The Morgan fingerprint density at radius 3 is 2.67 bits per heavy atom. The quantitative estimate of drug-likeness (QED) is 0.763. The van der Waals surface area contributed by atoms with Crippen molar-refractivity contribution < 1.29 is 24.2 Å². The predicted octanol–water partition coefficient (Wildman–Crippen LogP) is -0.00420. The van der Waals surface area contributed by atoms with Gasteiger partial charge in [0.2, 0.25) is 11.4 Å². The van der Waals surface area contributed by atoms with E-state index in [1.165, 1.54) is 0 Å². The SMILES string of the molecule is C[C@@H]1C(=O)N[C@]2(COC2=O)[C@@]1(O)COCc1ccccc1. The lowest BCUT2D eigenvalue weighted by Gasteiger charge is -2.45. The van der Waals surface area contributed by atoms with Crippen molar-refractivity contribution in [1.29, 1.82) is 0 Å². The number of amides is 1. The number of hydrogen-bond donors (Lipinski definition) is 2. The Labute approximate surface area is 122 Å². The average Bonchev–Trinajstić information content (AvgIpc) is 2.70. The number of rotatable bonds is 4. The van der Waals surface area contributed by atoms with Crippen molar-refractivity contribution in [1.82, 2.24) is 5.32 Å². The Morgan fingerprint density at radius 1 is 1.38 bits per heavy atom. The molecule has 0 aliphatic carbocycles. The molecule has 1 aromatic carbocycles. The van der Waals surface area contributed by atoms with Gasteiger partial charge in [0.1, 0.15) is 12.2 Å². The Bertz CT molecular complexity index is 573. The molecule has 1 spiro atoms. The summed E-state index contributed by atoms with van der Waals surface area (Å²) in [6.07, 6.45) is 0. The lowest BCUT2D eigenvalue weighted by atomic mass is 9.74. The van der Waals surface area contributed by atoms with Crippen molar-refractivity contribution in [2.75, 3.05) is 13.2 Å². The Morgan fingerprint density at radius 2 is 2.10 bits per heavy atom. The lowest BCUT2D eigenvalue weighted by molar-refractivity contribution is -0.207. The van der Waals surface area contributed by atoms with Gasteiger partial charge in [0.05, 0.1) is 19.1 Å². The highest BCUT2D eigenvalue weighted by Gasteiger charge is 2.72. The van der Waals surface area contributed by atoms with Crippen LogP contribution >= 0.6 is 0 Å². The number of cyclic esters (lactones) is 1. The second-order valence-electron chi connectivity index (χ2n) is 5.60. The van der Waals surface area contributed by atoms with Crippen molar-refractivity contribution in [3.63, 3.8) is 0 Å². The highest BCUT2D eigenvalue weighted by molar-refractivity contribution is 5.98. The summed E-state index contributed by atoms with van der Waals surface area (Å²) in [5, 5.41) is 13.4. The van der Waals surface area contributed by atoms with E-state index in [9.17, 15) is 14.7 Å². The molecule has 1 amide bonds. The third-order valence-corrected chi connectivity index (χ3v) is 4.39. The van der Waals surface area contributed by atoms with E-state index >= 15 is 0 Å². The summed E-state index contributed by atoms with van der Waals surface area (Å²) in [4.78, 5) is 23.6. The molecule has 2 heterocycles. The average molecular weight is 291 g/mol. The molecule has 2 aliphatic heterocycles. The van der Waals surface area contributed by atoms with Crippen molar-refractivity contribution in [2.24, 2.45) is 5.92 Å². The molecule has 2 N–H and O–H groups in total. The van der Waals surface area contributed by atoms with Gasteiger partial charge in [-0.3, -0.25) is 4.79 Å². The van der Waals surface area contributed by atoms with Crippen LogP contribution in [0.5, 0.6) is 0 Å². The smallest absolute Gasteiger partial charge is 0.338 e. The lowest BCUT2D eigenvalue weighted by Crippen LogP contribution is -2.74. The van der Waals surface area contributed by atoms with E-state index in [4.69, 9.17) is 9.47 Å². The molecule has 6 heteroatoms. The number of aliphatic hydroxyl groups is 1. The molecule has 2 aliphatic rings. The fraction of sp³-hybridized carbons (Fsp3) is 0.467. The first-order chi connectivity index (χ1) is 9.99.